The molecule has 0 amide bonds. The van der Waals surface area contributed by atoms with E-state index in [2.05, 4.69) is 20.9 Å². The second-order valence-electron chi connectivity index (χ2n) is 5.29. The van der Waals surface area contributed by atoms with E-state index >= 15 is 0 Å². The van der Waals surface area contributed by atoms with Gasteiger partial charge < -0.3 is 0 Å². The summed E-state index contributed by atoms with van der Waals surface area (Å²) >= 11 is 9.30. The molecule has 0 N–H and O–H groups in total. The predicted octanol–water partition coefficient (Wildman–Crippen LogP) is 5.20. The smallest absolute Gasteiger partial charge is 0.258 e. The summed E-state index contributed by atoms with van der Waals surface area (Å²) in [5, 5.41) is 11.5. The number of nitro groups is 1. The fourth-order valence-corrected chi connectivity index (χ4v) is 3.21. The molecule has 0 saturated carbocycles. The van der Waals surface area contributed by atoms with Gasteiger partial charge in [-0.25, -0.2) is 9.37 Å². The molecule has 0 aliphatic heterocycles. The highest BCUT2D eigenvalue weighted by atomic mass is 79.9. The van der Waals surface area contributed by atoms with Crippen molar-refractivity contribution >= 4 is 44.1 Å². The first kappa shape index (κ1) is 16.1. The van der Waals surface area contributed by atoms with Crippen LogP contribution in [-0.4, -0.2) is 9.91 Å². The van der Waals surface area contributed by atoms with Gasteiger partial charge in [-0.3, -0.25) is 10.1 Å². The van der Waals surface area contributed by atoms with E-state index in [0.29, 0.717) is 23.2 Å². The lowest BCUT2D eigenvalue weighted by Gasteiger charge is -2.12. The number of halogens is 3. The van der Waals surface area contributed by atoms with Crippen LogP contribution in [0.4, 0.5) is 10.1 Å². The van der Waals surface area contributed by atoms with Gasteiger partial charge in [-0.05, 0) is 46.8 Å². The zero-order valence-electron chi connectivity index (χ0n) is 11.7. The monoisotopic (exact) mass is 374 g/mol. The Bertz CT molecular complexity index is 750. The molecular formula is C14H13BrClFN2O2. The third kappa shape index (κ3) is 2.87. The molecule has 1 aromatic carbocycles. The Morgan fingerprint density at radius 3 is 2.67 bits per heavy atom. The van der Waals surface area contributed by atoms with Crippen LogP contribution in [0.5, 0.6) is 0 Å². The lowest BCUT2D eigenvalue weighted by Crippen LogP contribution is -2.05. The molecule has 7 heteroatoms. The number of aryl methyl sites for hydroxylation is 1. The predicted molar refractivity (Wildman–Crippen MR) is 84.3 cm³/mol. The van der Waals surface area contributed by atoms with Crippen molar-refractivity contribution in [2.75, 3.05) is 0 Å². The van der Waals surface area contributed by atoms with Crippen LogP contribution < -0.4 is 0 Å². The summed E-state index contributed by atoms with van der Waals surface area (Å²) in [6.45, 7) is 5.58. The van der Waals surface area contributed by atoms with Gasteiger partial charge in [0.2, 0.25) is 0 Å². The number of nitrogens with zero attached hydrogens (tertiary/aromatic N) is 2. The molecule has 0 fully saturated rings. The number of benzene rings is 1. The lowest BCUT2D eigenvalue weighted by molar-refractivity contribution is -0.385. The molecule has 4 nitrogen and oxygen atoms in total. The molecule has 0 atom stereocenters. The van der Waals surface area contributed by atoms with Crippen molar-refractivity contribution in [3.63, 3.8) is 0 Å². The highest BCUT2D eigenvalue weighted by Crippen LogP contribution is 2.40. The van der Waals surface area contributed by atoms with Gasteiger partial charge in [-0.2, -0.15) is 0 Å². The lowest BCUT2D eigenvalue weighted by atomic mass is 10.0. The molecule has 0 aliphatic rings. The molecular weight excluding hydrogens is 363 g/mol. The number of hydrogen-bond donors (Lipinski definition) is 0. The first-order chi connectivity index (χ1) is 9.73. The Labute approximate surface area is 134 Å². The fraction of sp³-hybridized carbons (Fsp3) is 0.357. The molecule has 0 spiro atoms. The minimum Gasteiger partial charge on any atom is -0.258 e. The normalized spacial score (nSPS) is 11.4. The molecule has 0 saturated heterocycles. The van der Waals surface area contributed by atoms with E-state index in [1.54, 1.807) is 6.92 Å². The zero-order valence-corrected chi connectivity index (χ0v) is 14.0. The summed E-state index contributed by atoms with van der Waals surface area (Å²) in [5.41, 5.74) is 1.15. The van der Waals surface area contributed by atoms with Crippen molar-refractivity contribution in [1.29, 1.82) is 0 Å². The second kappa shape index (κ2) is 5.85. The van der Waals surface area contributed by atoms with E-state index in [-0.39, 0.29) is 26.5 Å². The van der Waals surface area contributed by atoms with Crippen molar-refractivity contribution in [2.45, 2.75) is 27.2 Å². The topological polar surface area (TPSA) is 56.0 Å². The number of hydrogen-bond acceptors (Lipinski definition) is 3. The Morgan fingerprint density at radius 1 is 1.52 bits per heavy atom. The van der Waals surface area contributed by atoms with Gasteiger partial charge in [-0.15, -0.1) is 0 Å². The maximum absolute atomic E-state index is 13.8. The highest BCUT2D eigenvalue weighted by Gasteiger charge is 2.26. The summed E-state index contributed by atoms with van der Waals surface area (Å²) in [5.74, 6) is -0.330. The quantitative estimate of drug-likeness (QED) is 0.547. The largest absolute Gasteiger partial charge is 0.309 e. The Kier molecular flexibility index (Phi) is 4.49. The molecule has 0 bridgehead atoms. The Hall–Kier alpha value is -1.27. The minimum atomic E-state index is -0.556. The summed E-state index contributed by atoms with van der Waals surface area (Å²) in [6.07, 6.45) is 0.431. The van der Waals surface area contributed by atoms with E-state index in [1.807, 2.05) is 13.8 Å². The van der Waals surface area contributed by atoms with Crippen LogP contribution in [0.15, 0.2) is 10.5 Å². The third-order valence-electron chi connectivity index (χ3n) is 3.11. The molecule has 0 aliphatic carbocycles. The van der Waals surface area contributed by atoms with E-state index in [4.69, 9.17) is 11.6 Å². The van der Waals surface area contributed by atoms with Crippen LogP contribution in [-0.2, 0) is 6.42 Å². The van der Waals surface area contributed by atoms with Gasteiger partial charge in [0.15, 0.2) is 0 Å². The average molecular weight is 376 g/mol. The van der Waals surface area contributed by atoms with Crippen molar-refractivity contribution < 1.29 is 9.31 Å². The minimum absolute atomic E-state index is 0.0740. The van der Waals surface area contributed by atoms with Crippen molar-refractivity contribution in [3.05, 3.63) is 42.8 Å². The van der Waals surface area contributed by atoms with Crippen LogP contribution in [0.3, 0.4) is 0 Å². The molecule has 2 aromatic rings. The first-order valence-corrected chi connectivity index (χ1v) is 7.52. The molecule has 2 rings (SSSR count). The van der Waals surface area contributed by atoms with Crippen LogP contribution in [0, 0.1) is 28.8 Å². The summed E-state index contributed by atoms with van der Waals surface area (Å²) in [4.78, 5) is 15.1. The molecule has 1 heterocycles. The Morgan fingerprint density at radius 2 is 2.14 bits per heavy atom. The molecule has 21 heavy (non-hydrogen) atoms. The van der Waals surface area contributed by atoms with Gasteiger partial charge >= 0.3 is 5.69 Å². The zero-order chi connectivity index (χ0) is 15.9. The van der Waals surface area contributed by atoms with Crippen LogP contribution >= 0.6 is 27.5 Å². The van der Waals surface area contributed by atoms with E-state index in [1.165, 1.54) is 6.07 Å². The van der Waals surface area contributed by atoms with Gasteiger partial charge in [0.25, 0.3) is 0 Å². The van der Waals surface area contributed by atoms with Crippen molar-refractivity contribution in [3.8, 4) is 0 Å². The third-order valence-corrected chi connectivity index (χ3v) is 4.26. The maximum atomic E-state index is 13.8. The van der Waals surface area contributed by atoms with Crippen molar-refractivity contribution in [1.82, 2.24) is 4.98 Å². The number of aromatic nitrogens is 1. The van der Waals surface area contributed by atoms with Gasteiger partial charge in [0.05, 0.1) is 14.9 Å². The SMILES string of the molecule is Cc1cc(F)c(Br)c2c(Cl)c([N+](=O)[O-])c(CC(C)C)nc12. The standard InChI is InChI=1S/C14H13BrClFN2O2/c1-6(2)4-9-14(19(20)21)12(16)10-11(15)8(17)5-7(3)13(10)18-9/h5-6H,4H2,1-3H3. The number of pyridine rings is 1. The first-order valence-electron chi connectivity index (χ1n) is 6.35. The fourth-order valence-electron chi connectivity index (χ4n) is 2.23. The van der Waals surface area contributed by atoms with Gasteiger partial charge in [0.1, 0.15) is 16.5 Å². The van der Waals surface area contributed by atoms with Crippen LogP contribution in [0.25, 0.3) is 10.9 Å². The summed E-state index contributed by atoms with van der Waals surface area (Å²) in [7, 11) is 0. The number of rotatable bonds is 3. The Balaban J connectivity index is 2.94. The van der Waals surface area contributed by atoms with Crippen LogP contribution in [0.1, 0.15) is 25.1 Å². The molecule has 0 radical (unpaired) electrons. The highest BCUT2D eigenvalue weighted by molar-refractivity contribution is 9.10. The van der Waals surface area contributed by atoms with Crippen molar-refractivity contribution in [2.24, 2.45) is 5.92 Å². The second-order valence-corrected chi connectivity index (χ2v) is 6.46. The van der Waals surface area contributed by atoms with Gasteiger partial charge in [-0.1, -0.05) is 25.4 Å². The summed E-state index contributed by atoms with van der Waals surface area (Å²) < 4.78 is 13.9. The molecule has 112 valence electrons. The maximum Gasteiger partial charge on any atom is 0.309 e. The molecule has 0 unspecified atom stereocenters. The number of fused-ring (bicyclic) bond motifs is 1. The van der Waals surface area contributed by atoms with Crippen LogP contribution in [0.2, 0.25) is 5.02 Å². The van der Waals surface area contributed by atoms with E-state index in [0.717, 1.165) is 0 Å². The van der Waals surface area contributed by atoms with Gasteiger partial charge in [0, 0.05) is 5.39 Å². The van der Waals surface area contributed by atoms with E-state index < -0.39 is 10.7 Å². The molecule has 1 aromatic heterocycles. The average Bonchev–Trinajstić information content (AvgIpc) is 2.34. The van der Waals surface area contributed by atoms with E-state index in [9.17, 15) is 14.5 Å². The summed E-state index contributed by atoms with van der Waals surface area (Å²) in [6, 6.07) is 1.33.